The van der Waals surface area contributed by atoms with Crippen molar-refractivity contribution in [3.8, 4) is 11.1 Å². The van der Waals surface area contributed by atoms with Gasteiger partial charge in [-0.05, 0) is 48.2 Å². The van der Waals surface area contributed by atoms with Crippen molar-refractivity contribution in [2.75, 3.05) is 11.9 Å². The Morgan fingerprint density at radius 2 is 1.71 bits per heavy atom. The molecule has 3 aromatic rings. The van der Waals surface area contributed by atoms with Crippen LogP contribution in [0, 0.1) is 17.5 Å². The van der Waals surface area contributed by atoms with Crippen LogP contribution in [0.1, 0.15) is 27.9 Å². The summed E-state index contributed by atoms with van der Waals surface area (Å²) in [5, 5.41) is 15.5. The van der Waals surface area contributed by atoms with Crippen LogP contribution in [0.5, 0.6) is 0 Å². The first kappa shape index (κ1) is 24.9. The molecule has 0 saturated heterocycles. The quantitative estimate of drug-likeness (QED) is 0.378. The predicted molar refractivity (Wildman–Crippen MR) is 128 cm³/mol. The lowest BCUT2D eigenvalue weighted by Crippen LogP contribution is -2.43. The van der Waals surface area contributed by atoms with E-state index in [0.29, 0.717) is 35.3 Å². The Morgan fingerprint density at radius 1 is 1.06 bits per heavy atom. The summed E-state index contributed by atoms with van der Waals surface area (Å²) < 4.78 is 41.7. The predicted octanol–water partition coefficient (Wildman–Crippen LogP) is 5.86. The number of carbonyl (C=O) groups is 2. The number of fused-ring (bicyclic) bond motifs is 1. The summed E-state index contributed by atoms with van der Waals surface area (Å²) in [4.78, 5) is 24.4. The van der Waals surface area contributed by atoms with Gasteiger partial charge in [-0.1, -0.05) is 41.4 Å². The highest BCUT2D eigenvalue weighted by Gasteiger charge is 2.28. The van der Waals surface area contributed by atoms with Gasteiger partial charge in [0.2, 0.25) is 0 Å². The fourth-order valence-corrected chi connectivity index (χ4v) is 4.89. The number of amides is 1. The van der Waals surface area contributed by atoms with Gasteiger partial charge in [-0.3, -0.25) is 4.79 Å². The molecule has 0 fully saturated rings. The summed E-state index contributed by atoms with van der Waals surface area (Å²) in [6.45, 7) is 0.644. The van der Waals surface area contributed by atoms with E-state index in [1.165, 1.54) is 0 Å². The molecule has 182 valence electrons. The molecule has 0 saturated carbocycles. The molecule has 0 aliphatic carbocycles. The van der Waals surface area contributed by atoms with Crippen LogP contribution in [0.25, 0.3) is 11.1 Å². The SMILES string of the molecule is O=C(NC(Cc1ccc(-c2c(Cl)cc(F)cc2Cl)c2c1CCCN2)C(=O)O)c1c(F)cccc1F. The molecule has 1 heterocycles. The summed E-state index contributed by atoms with van der Waals surface area (Å²) >= 11 is 12.6. The lowest BCUT2D eigenvalue weighted by atomic mass is 9.88. The van der Waals surface area contributed by atoms with Crippen molar-refractivity contribution in [2.24, 2.45) is 0 Å². The minimum Gasteiger partial charge on any atom is -0.480 e. The Bertz CT molecular complexity index is 1290. The monoisotopic (exact) mass is 522 g/mol. The molecule has 0 aromatic heterocycles. The first-order chi connectivity index (χ1) is 16.7. The maximum Gasteiger partial charge on any atom is 0.326 e. The van der Waals surface area contributed by atoms with Crippen molar-refractivity contribution in [3.63, 3.8) is 0 Å². The van der Waals surface area contributed by atoms with Crippen LogP contribution >= 0.6 is 23.2 Å². The van der Waals surface area contributed by atoms with E-state index in [-0.39, 0.29) is 16.5 Å². The number of benzene rings is 3. The Hall–Kier alpha value is -3.23. The van der Waals surface area contributed by atoms with Crippen LogP contribution in [0.15, 0.2) is 42.5 Å². The largest absolute Gasteiger partial charge is 0.480 e. The van der Waals surface area contributed by atoms with Gasteiger partial charge in [0.25, 0.3) is 5.91 Å². The number of hydrogen-bond acceptors (Lipinski definition) is 3. The number of carbonyl (C=O) groups excluding carboxylic acids is 1. The second-order valence-corrected chi connectivity index (χ2v) is 8.88. The number of hydrogen-bond donors (Lipinski definition) is 3. The van der Waals surface area contributed by atoms with E-state index in [1.807, 2.05) is 0 Å². The number of nitrogens with one attached hydrogen (secondary N) is 2. The third-order valence-corrected chi connectivity index (χ3v) is 6.40. The Balaban J connectivity index is 1.69. The zero-order valence-corrected chi connectivity index (χ0v) is 19.6. The molecule has 0 radical (unpaired) electrons. The first-order valence-corrected chi connectivity index (χ1v) is 11.4. The van der Waals surface area contributed by atoms with Gasteiger partial charge >= 0.3 is 5.97 Å². The second kappa shape index (κ2) is 10.2. The third-order valence-electron chi connectivity index (χ3n) is 5.81. The molecular weight excluding hydrogens is 504 g/mol. The zero-order chi connectivity index (χ0) is 25.3. The van der Waals surface area contributed by atoms with E-state index in [9.17, 15) is 27.9 Å². The Kier molecular flexibility index (Phi) is 7.23. The van der Waals surface area contributed by atoms with Gasteiger partial charge in [0.15, 0.2) is 0 Å². The van der Waals surface area contributed by atoms with E-state index >= 15 is 0 Å². The van der Waals surface area contributed by atoms with Crippen LogP contribution < -0.4 is 10.6 Å². The molecule has 1 unspecified atom stereocenters. The van der Waals surface area contributed by atoms with E-state index in [1.54, 1.807) is 12.1 Å². The second-order valence-electron chi connectivity index (χ2n) is 8.07. The van der Waals surface area contributed by atoms with Crippen molar-refractivity contribution in [2.45, 2.75) is 25.3 Å². The molecular formula is C25H19Cl2F3N2O3. The van der Waals surface area contributed by atoms with Crippen LogP contribution in [0.2, 0.25) is 10.0 Å². The highest BCUT2D eigenvalue weighted by Crippen LogP contribution is 2.43. The fourth-order valence-electron chi connectivity index (χ4n) is 4.22. The lowest BCUT2D eigenvalue weighted by molar-refractivity contribution is -0.139. The van der Waals surface area contributed by atoms with Crippen LogP contribution in [0.4, 0.5) is 18.9 Å². The minimum absolute atomic E-state index is 0.125. The summed E-state index contributed by atoms with van der Waals surface area (Å²) in [5.41, 5.74) is 2.31. The van der Waals surface area contributed by atoms with Crippen molar-refractivity contribution in [1.29, 1.82) is 0 Å². The zero-order valence-electron chi connectivity index (χ0n) is 18.1. The van der Waals surface area contributed by atoms with Crippen LogP contribution in [-0.2, 0) is 17.6 Å². The van der Waals surface area contributed by atoms with Crippen molar-refractivity contribution < 1.29 is 27.9 Å². The highest BCUT2D eigenvalue weighted by molar-refractivity contribution is 6.39. The molecule has 1 atom stereocenters. The van der Waals surface area contributed by atoms with Gasteiger partial charge in [-0.2, -0.15) is 0 Å². The highest BCUT2D eigenvalue weighted by atomic mass is 35.5. The van der Waals surface area contributed by atoms with Crippen molar-refractivity contribution in [1.82, 2.24) is 5.32 Å². The van der Waals surface area contributed by atoms with Gasteiger partial charge in [0.05, 0.1) is 10.0 Å². The summed E-state index contributed by atoms with van der Waals surface area (Å²) in [5.74, 6) is -5.28. The molecule has 10 heteroatoms. The molecule has 35 heavy (non-hydrogen) atoms. The number of anilines is 1. The third kappa shape index (κ3) is 5.09. The normalized spacial score (nSPS) is 13.5. The molecule has 1 aliphatic heterocycles. The molecule has 1 aliphatic rings. The fraction of sp³-hybridized carbons (Fsp3) is 0.200. The summed E-state index contributed by atoms with van der Waals surface area (Å²) in [7, 11) is 0. The average molecular weight is 523 g/mol. The van der Waals surface area contributed by atoms with Crippen molar-refractivity contribution >= 4 is 40.8 Å². The molecule has 3 aromatic carbocycles. The number of carboxylic acids is 1. The number of halogens is 5. The number of aliphatic carboxylic acids is 1. The van der Waals surface area contributed by atoms with Gasteiger partial charge in [-0.15, -0.1) is 0 Å². The molecule has 0 spiro atoms. The maximum absolute atomic E-state index is 14.0. The smallest absolute Gasteiger partial charge is 0.326 e. The standard InChI is InChI=1S/C25H19Cl2F3N2O3/c26-16-10-13(28)11-17(27)21(16)15-7-6-12(14-3-2-8-31-23(14)15)9-20(25(34)35)32-24(33)22-18(29)4-1-5-19(22)30/h1,4-7,10-11,20,31H,2-3,8-9H2,(H,32,33)(H,34,35). The van der Waals surface area contributed by atoms with E-state index in [2.05, 4.69) is 10.6 Å². The topological polar surface area (TPSA) is 78.4 Å². The van der Waals surface area contributed by atoms with Crippen molar-refractivity contribution in [3.05, 3.63) is 86.7 Å². The van der Waals surface area contributed by atoms with Crippen LogP contribution in [-0.4, -0.2) is 29.6 Å². The van der Waals surface area contributed by atoms with E-state index < -0.39 is 40.9 Å². The average Bonchev–Trinajstić information content (AvgIpc) is 2.79. The molecule has 1 amide bonds. The Morgan fingerprint density at radius 3 is 2.34 bits per heavy atom. The molecule has 4 rings (SSSR count). The first-order valence-electron chi connectivity index (χ1n) is 10.7. The summed E-state index contributed by atoms with van der Waals surface area (Å²) in [6.07, 6.45) is 1.23. The lowest BCUT2D eigenvalue weighted by Gasteiger charge is -2.26. The maximum atomic E-state index is 14.0. The Labute approximate surface area is 208 Å². The minimum atomic E-state index is -1.45. The number of rotatable bonds is 6. The van der Waals surface area contributed by atoms with Crippen LogP contribution in [0.3, 0.4) is 0 Å². The van der Waals surface area contributed by atoms with E-state index in [0.717, 1.165) is 42.3 Å². The molecule has 3 N–H and O–H groups in total. The number of carboxylic acid groups (broad SMARTS) is 1. The van der Waals surface area contributed by atoms with Gasteiger partial charge < -0.3 is 15.7 Å². The van der Waals surface area contributed by atoms with Gasteiger partial charge in [0.1, 0.15) is 29.1 Å². The molecule has 0 bridgehead atoms. The summed E-state index contributed by atoms with van der Waals surface area (Å²) in [6, 6.07) is 7.18. The molecule has 5 nitrogen and oxygen atoms in total. The van der Waals surface area contributed by atoms with Gasteiger partial charge in [-0.25, -0.2) is 18.0 Å². The van der Waals surface area contributed by atoms with E-state index in [4.69, 9.17) is 23.2 Å². The van der Waals surface area contributed by atoms with Gasteiger partial charge in [0, 0.05) is 29.8 Å².